The topological polar surface area (TPSA) is 196 Å². The van der Waals surface area contributed by atoms with Gasteiger partial charge in [0, 0.05) is 39.0 Å². The van der Waals surface area contributed by atoms with E-state index in [2.05, 4.69) is 21.3 Å². The van der Waals surface area contributed by atoms with Crippen LogP contribution >= 0.6 is 0 Å². The fraction of sp³-hybridized carbons (Fsp3) is 0.243. The Labute approximate surface area is 290 Å². The summed E-state index contributed by atoms with van der Waals surface area (Å²) in [6.45, 7) is 2.36. The summed E-state index contributed by atoms with van der Waals surface area (Å²) >= 11 is 0. The lowest BCUT2D eigenvalue weighted by Crippen LogP contribution is -2.26. The van der Waals surface area contributed by atoms with E-state index >= 15 is 0 Å². The van der Waals surface area contributed by atoms with Gasteiger partial charge in [-0.05, 0) is 35.4 Å². The Morgan fingerprint density at radius 3 is 1.28 bits per heavy atom. The minimum atomic E-state index is -1.82. The van der Waals surface area contributed by atoms with E-state index in [4.69, 9.17) is 29.3 Å². The number of hydrogen-bond acceptors (Lipinski definition) is 9. The van der Waals surface area contributed by atoms with Crippen LogP contribution < -0.4 is 30.7 Å². The second-order valence-electron chi connectivity index (χ2n) is 10.8. The predicted molar refractivity (Wildman–Crippen MR) is 188 cm³/mol. The summed E-state index contributed by atoms with van der Waals surface area (Å²) < 4.78 is 11.6. The third kappa shape index (κ3) is 15.4. The molecule has 50 heavy (non-hydrogen) atoms. The molecule has 4 aromatic rings. The van der Waals surface area contributed by atoms with Crippen LogP contribution in [-0.2, 0) is 32.3 Å². The molecule has 0 saturated heterocycles. The molecule has 0 saturated carbocycles. The highest BCUT2D eigenvalue weighted by Crippen LogP contribution is 2.26. The third-order valence-electron chi connectivity index (χ3n) is 6.77. The molecule has 0 unspecified atom stereocenters. The van der Waals surface area contributed by atoms with E-state index in [1.54, 1.807) is 48.5 Å². The average molecular weight is 687 g/mol. The Hall–Kier alpha value is -5.76. The Morgan fingerprint density at radius 2 is 0.900 bits per heavy atom. The van der Waals surface area contributed by atoms with E-state index in [1.807, 2.05) is 60.7 Å². The molecular formula is C37H42N4O9. The number of carboxylic acid groups (broad SMARTS) is 2. The first-order valence-electron chi connectivity index (χ1n) is 15.9. The van der Waals surface area contributed by atoms with Gasteiger partial charge in [-0.3, -0.25) is 9.59 Å². The minimum Gasteiger partial charge on any atom is -0.489 e. The number of para-hydroxylation sites is 4. The summed E-state index contributed by atoms with van der Waals surface area (Å²) in [6, 6.07) is 34.2. The number of aliphatic carboxylic acids is 2. The summed E-state index contributed by atoms with van der Waals surface area (Å²) in [4.78, 5) is 43.2. The Kier molecular flexibility index (Phi) is 17.0. The Morgan fingerprint density at radius 1 is 0.540 bits per heavy atom. The molecule has 13 heteroatoms. The van der Waals surface area contributed by atoms with Gasteiger partial charge in [-0.2, -0.15) is 0 Å². The van der Waals surface area contributed by atoms with Crippen LogP contribution in [-0.4, -0.2) is 71.5 Å². The van der Waals surface area contributed by atoms with Crippen molar-refractivity contribution in [1.29, 1.82) is 0 Å². The minimum absolute atomic E-state index is 0.0485. The number of aliphatic hydroxyl groups excluding tert-OH is 1. The van der Waals surface area contributed by atoms with Gasteiger partial charge in [0.15, 0.2) is 0 Å². The van der Waals surface area contributed by atoms with E-state index in [-0.39, 0.29) is 25.0 Å². The Balaban J connectivity index is 0.00000103. The number of benzene rings is 4. The number of nitrogens with one attached hydrogen (secondary N) is 4. The largest absolute Gasteiger partial charge is 0.489 e. The van der Waals surface area contributed by atoms with Crippen LogP contribution in [0.1, 0.15) is 24.0 Å². The van der Waals surface area contributed by atoms with Gasteiger partial charge in [-0.1, -0.05) is 84.9 Å². The molecule has 0 fully saturated rings. The number of aliphatic hydroxyl groups is 1. The molecule has 0 aliphatic carbocycles. The zero-order chi connectivity index (χ0) is 36.0. The number of ether oxygens (including phenoxy) is 2. The lowest BCUT2D eigenvalue weighted by Gasteiger charge is -2.17. The highest BCUT2D eigenvalue weighted by molar-refractivity contribution is 6.27. The highest BCUT2D eigenvalue weighted by atomic mass is 16.5. The molecule has 0 radical (unpaired) electrons. The van der Waals surface area contributed by atoms with Gasteiger partial charge in [0.05, 0.1) is 11.4 Å². The number of rotatable bonds is 18. The van der Waals surface area contributed by atoms with Gasteiger partial charge in [0.2, 0.25) is 11.8 Å². The zero-order valence-corrected chi connectivity index (χ0v) is 27.4. The molecular weight excluding hydrogens is 644 g/mol. The summed E-state index contributed by atoms with van der Waals surface area (Å²) in [5, 5.41) is 37.6. The highest BCUT2D eigenvalue weighted by Gasteiger charge is 2.13. The van der Waals surface area contributed by atoms with Crippen molar-refractivity contribution in [3.05, 3.63) is 120 Å². The number of amides is 2. The molecule has 4 aromatic carbocycles. The number of hydrogen-bond donors (Lipinski definition) is 7. The van der Waals surface area contributed by atoms with E-state index in [9.17, 15) is 14.7 Å². The molecule has 0 heterocycles. The quantitative estimate of drug-likeness (QED) is 0.0593. The maximum absolute atomic E-state index is 12.5. The van der Waals surface area contributed by atoms with Gasteiger partial charge in [0.1, 0.15) is 30.8 Å². The fourth-order valence-electron chi connectivity index (χ4n) is 4.30. The van der Waals surface area contributed by atoms with Crippen LogP contribution in [0.5, 0.6) is 11.5 Å². The fourth-order valence-corrected chi connectivity index (χ4v) is 4.30. The van der Waals surface area contributed by atoms with Crippen molar-refractivity contribution in [2.24, 2.45) is 0 Å². The molecule has 0 aliphatic heterocycles. The molecule has 0 bridgehead atoms. The van der Waals surface area contributed by atoms with Gasteiger partial charge in [0.25, 0.3) is 0 Å². The van der Waals surface area contributed by atoms with E-state index in [1.165, 1.54) is 0 Å². The van der Waals surface area contributed by atoms with Crippen LogP contribution in [0.2, 0.25) is 0 Å². The molecule has 0 aliphatic rings. The summed E-state index contributed by atoms with van der Waals surface area (Å²) in [5.74, 6) is -3.03. The van der Waals surface area contributed by atoms with E-state index in [0.29, 0.717) is 61.9 Å². The van der Waals surface area contributed by atoms with Gasteiger partial charge in [-0.15, -0.1) is 0 Å². The van der Waals surface area contributed by atoms with Crippen molar-refractivity contribution in [3.63, 3.8) is 0 Å². The van der Waals surface area contributed by atoms with E-state index in [0.717, 1.165) is 11.1 Å². The molecule has 0 aromatic heterocycles. The Bertz CT molecular complexity index is 1520. The van der Waals surface area contributed by atoms with Gasteiger partial charge < -0.3 is 46.1 Å². The number of carboxylic acids is 2. The maximum Gasteiger partial charge on any atom is 0.414 e. The molecule has 264 valence electrons. The van der Waals surface area contributed by atoms with Crippen molar-refractivity contribution < 1.29 is 44.0 Å². The first-order chi connectivity index (χ1) is 24.2. The van der Waals surface area contributed by atoms with Crippen LogP contribution in [0.15, 0.2) is 109 Å². The molecule has 13 nitrogen and oxygen atoms in total. The lowest BCUT2D eigenvalue weighted by atomic mass is 10.2. The van der Waals surface area contributed by atoms with Crippen LogP contribution in [0.25, 0.3) is 0 Å². The molecule has 2 amide bonds. The predicted octanol–water partition coefficient (Wildman–Crippen LogP) is 3.90. The molecule has 4 rings (SSSR count). The normalized spacial score (nSPS) is 10.4. The van der Waals surface area contributed by atoms with E-state index < -0.39 is 18.0 Å². The SMILES string of the molecule is O=C(CCNCc1ccccc1)Nc1ccccc1OCC(O)COc1ccccc1NC(=O)CCNCc1ccccc1.O=C(O)C(=O)O. The monoisotopic (exact) mass is 686 g/mol. The lowest BCUT2D eigenvalue weighted by molar-refractivity contribution is -0.159. The third-order valence-corrected chi connectivity index (χ3v) is 6.77. The average Bonchev–Trinajstić information content (AvgIpc) is 3.12. The summed E-state index contributed by atoms with van der Waals surface area (Å²) in [7, 11) is 0. The van der Waals surface area contributed by atoms with Crippen molar-refractivity contribution in [1.82, 2.24) is 10.6 Å². The van der Waals surface area contributed by atoms with Gasteiger partial charge in [-0.25, -0.2) is 9.59 Å². The number of carbonyl (C=O) groups is 4. The van der Waals surface area contributed by atoms with Crippen molar-refractivity contribution in [3.8, 4) is 11.5 Å². The first kappa shape index (κ1) is 38.7. The second-order valence-corrected chi connectivity index (χ2v) is 10.8. The second kappa shape index (κ2) is 22.0. The maximum atomic E-state index is 12.5. The molecule has 0 spiro atoms. The zero-order valence-electron chi connectivity index (χ0n) is 27.4. The van der Waals surface area contributed by atoms with Crippen LogP contribution in [0, 0.1) is 0 Å². The van der Waals surface area contributed by atoms with Gasteiger partial charge >= 0.3 is 11.9 Å². The van der Waals surface area contributed by atoms with Crippen molar-refractivity contribution in [2.75, 3.05) is 36.9 Å². The standard InChI is InChI=1S/C35H40N4O5.C2H2O4/c40-29(25-43-32-17-9-7-15-30(32)38-34(41)19-21-36-23-27-11-3-1-4-12-27)26-44-33-18-10-8-16-31(33)39-35(42)20-22-37-24-28-13-5-2-6-14-28;3-1(4)2(5)6/h1-18,29,36-37,40H,19-26H2,(H,38,41)(H,39,42);(H,3,4)(H,5,6). The summed E-state index contributed by atoms with van der Waals surface area (Å²) in [6.07, 6.45) is -0.345. The van der Waals surface area contributed by atoms with Crippen molar-refractivity contribution in [2.45, 2.75) is 32.0 Å². The number of anilines is 2. The van der Waals surface area contributed by atoms with Crippen LogP contribution in [0.3, 0.4) is 0 Å². The summed E-state index contributed by atoms with van der Waals surface area (Å²) in [5.41, 5.74) is 3.37. The van der Waals surface area contributed by atoms with Crippen LogP contribution in [0.4, 0.5) is 11.4 Å². The molecule has 7 N–H and O–H groups in total. The smallest absolute Gasteiger partial charge is 0.414 e. The first-order valence-corrected chi connectivity index (χ1v) is 15.9. The van der Waals surface area contributed by atoms with Crippen molar-refractivity contribution >= 4 is 35.1 Å². The number of carbonyl (C=O) groups excluding carboxylic acids is 2. The molecule has 0 atom stereocenters.